The first kappa shape index (κ1) is 12.0. The second kappa shape index (κ2) is 4.27. The van der Waals surface area contributed by atoms with Crippen LogP contribution < -0.4 is 5.32 Å². The number of rotatable bonds is 1. The molecule has 7 heteroatoms. The summed E-state index contributed by atoms with van der Waals surface area (Å²) in [5.41, 5.74) is 0.361. The Labute approximate surface area is 110 Å². The number of carbonyl (C=O) groups is 1. The molecule has 0 aliphatic carbocycles. The number of amides is 1. The first-order valence-electron chi connectivity index (χ1n) is 6.26. The number of hydrogen-bond acceptors (Lipinski definition) is 5. The van der Waals surface area contributed by atoms with Crippen molar-refractivity contribution in [1.82, 2.24) is 29.8 Å². The highest BCUT2D eigenvalue weighted by Gasteiger charge is 2.33. The molecule has 1 saturated heterocycles. The van der Waals surface area contributed by atoms with Crippen LogP contribution in [0.15, 0.2) is 18.7 Å². The van der Waals surface area contributed by atoms with E-state index >= 15 is 0 Å². The van der Waals surface area contributed by atoms with Crippen molar-refractivity contribution in [2.75, 3.05) is 19.6 Å². The van der Waals surface area contributed by atoms with Crippen LogP contribution in [0.1, 0.15) is 24.2 Å². The van der Waals surface area contributed by atoms with Crippen LogP contribution in [0.2, 0.25) is 0 Å². The molecule has 2 aromatic rings. The summed E-state index contributed by atoms with van der Waals surface area (Å²) in [4.78, 5) is 18.6. The van der Waals surface area contributed by atoms with E-state index in [1.165, 1.54) is 0 Å². The maximum atomic E-state index is 12.6. The van der Waals surface area contributed by atoms with Crippen LogP contribution in [0.3, 0.4) is 0 Å². The van der Waals surface area contributed by atoms with E-state index in [2.05, 4.69) is 34.3 Å². The van der Waals surface area contributed by atoms with E-state index < -0.39 is 0 Å². The molecule has 0 radical (unpaired) electrons. The summed E-state index contributed by atoms with van der Waals surface area (Å²) in [6.45, 7) is 6.42. The van der Waals surface area contributed by atoms with Gasteiger partial charge in [-0.1, -0.05) is 0 Å². The molecule has 1 aliphatic heterocycles. The van der Waals surface area contributed by atoms with Gasteiger partial charge in [-0.05, 0) is 13.8 Å². The summed E-state index contributed by atoms with van der Waals surface area (Å²) >= 11 is 0. The topological polar surface area (TPSA) is 75.4 Å². The summed E-state index contributed by atoms with van der Waals surface area (Å²) in [6.07, 6.45) is 4.83. The largest absolute Gasteiger partial charge is 0.331 e. The summed E-state index contributed by atoms with van der Waals surface area (Å²) in [6, 6.07) is 0. The quantitative estimate of drug-likeness (QED) is 0.778. The monoisotopic (exact) mass is 260 g/mol. The Morgan fingerprint density at radius 1 is 1.47 bits per heavy atom. The van der Waals surface area contributed by atoms with Gasteiger partial charge in [0.1, 0.15) is 6.33 Å². The first-order valence-corrected chi connectivity index (χ1v) is 6.26. The molecular weight excluding hydrogens is 244 g/mol. The van der Waals surface area contributed by atoms with Crippen LogP contribution in [0.25, 0.3) is 5.78 Å². The molecule has 7 nitrogen and oxygen atoms in total. The van der Waals surface area contributed by atoms with E-state index in [9.17, 15) is 4.79 Å². The van der Waals surface area contributed by atoms with Gasteiger partial charge in [-0.25, -0.2) is 4.98 Å². The van der Waals surface area contributed by atoms with Gasteiger partial charge in [0.05, 0.1) is 11.1 Å². The maximum absolute atomic E-state index is 12.6. The number of hydrogen-bond donors (Lipinski definition) is 1. The van der Waals surface area contributed by atoms with Gasteiger partial charge in [0, 0.05) is 32.0 Å². The van der Waals surface area contributed by atoms with E-state index in [0.717, 1.165) is 13.1 Å². The van der Waals surface area contributed by atoms with Gasteiger partial charge in [-0.2, -0.15) is 0 Å². The predicted molar refractivity (Wildman–Crippen MR) is 68.8 cm³/mol. The molecule has 3 heterocycles. The molecule has 0 saturated carbocycles. The lowest BCUT2D eigenvalue weighted by atomic mass is 9.99. The van der Waals surface area contributed by atoms with Crippen molar-refractivity contribution in [2.24, 2.45) is 0 Å². The van der Waals surface area contributed by atoms with E-state index in [1.807, 2.05) is 4.90 Å². The SMILES string of the molecule is CC1(C)CNCCN1C(=O)c1cnc2nncn2c1. The Hall–Kier alpha value is -2.02. The van der Waals surface area contributed by atoms with Gasteiger partial charge in [0.25, 0.3) is 11.7 Å². The molecule has 0 spiro atoms. The van der Waals surface area contributed by atoms with Crippen LogP contribution >= 0.6 is 0 Å². The van der Waals surface area contributed by atoms with E-state index in [0.29, 0.717) is 17.9 Å². The van der Waals surface area contributed by atoms with Crippen molar-refractivity contribution in [1.29, 1.82) is 0 Å². The summed E-state index contributed by atoms with van der Waals surface area (Å²) < 4.78 is 1.66. The van der Waals surface area contributed by atoms with Gasteiger partial charge in [-0.3, -0.25) is 9.20 Å². The van der Waals surface area contributed by atoms with Crippen molar-refractivity contribution >= 4 is 11.7 Å². The molecule has 0 unspecified atom stereocenters. The second-order valence-corrected chi connectivity index (χ2v) is 5.33. The average Bonchev–Trinajstić information content (AvgIpc) is 2.84. The molecule has 1 aliphatic rings. The van der Waals surface area contributed by atoms with E-state index in [1.54, 1.807) is 23.1 Å². The standard InChI is InChI=1S/C12H16N6O/c1-12(2)7-13-3-4-18(12)10(19)9-5-14-11-16-15-8-17(11)6-9/h5-6,8,13H,3-4,7H2,1-2H3. The Bertz CT molecular complexity index is 619. The number of piperazine rings is 1. The van der Waals surface area contributed by atoms with Gasteiger partial charge in [0.2, 0.25) is 0 Å². The van der Waals surface area contributed by atoms with Crippen LogP contribution in [-0.4, -0.2) is 55.6 Å². The number of nitrogens with zero attached hydrogens (tertiary/aromatic N) is 5. The Balaban J connectivity index is 1.94. The number of nitrogens with one attached hydrogen (secondary N) is 1. The fourth-order valence-corrected chi connectivity index (χ4v) is 2.36. The molecule has 100 valence electrons. The molecular formula is C12H16N6O. The Morgan fingerprint density at radius 2 is 2.32 bits per heavy atom. The average molecular weight is 260 g/mol. The number of fused-ring (bicyclic) bond motifs is 1. The Morgan fingerprint density at radius 3 is 3.11 bits per heavy atom. The van der Waals surface area contributed by atoms with E-state index in [4.69, 9.17) is 0 Å². The van der Waals surface area contributed by atoms with Crippen LogP contribution in [-0.2, 0) is 0 Å². The van der Waals surface area contributed by atoms with E-state index in [-0.39, 0.29) is 11.4 Å². The lowest BCUT2D eigenvalue weighted by Gasteiger charge is -2.42. The number of carbonyl (C=O) groups excluding carboxylic acids is 1. The highest BCUT2D eigenvalue weighted by Crippen LogP contribution is 2.19. The van der Waals surface area contributed by atoms with Crippen molar-refractivity contribution in [3.63, 3.8) is 0 Å². The highest BCUT2D eigenvalue weighted by atomic mass is 16.2. The Kier molecular flexibility index (Phi) is 2.70. The zero-order valence-corrected chi connectivity index (χ0v) is 11.0. The molecule has 19 heavy (non-hydrogen) atoms. The molecule has 1 fully saturated rings. The third-order valence-corrected chi connectivity index (χ3v) is 3.44. The molecule has 1 amide bonds. The normalized spacial score (nSPS) is 18.7. The second-order valence-electron chi connectivity index (χ2n) is 5.33. The molecule has 3 rings (SSSR count). The van der Waals surface area contributed by atoms with Gasteiger partial charge < -0.3 is 10.2 Å². The highest BCUT2D eigenvalue weighted by molar-refractivity contribution is 5.94. The summed E-state index contributed by atoms with van der Waals surface area (Å²) in [5, 5.41) is 10.9. The smallest absolute Gasteiger partial charge is 0.257 e. The molecule has 1 N–H and O–H groups in total. The first-order chi connectivity index (χ1) is 9.08. The predicted octanol–water partition coefficient (Wildman–Crippen LogP) is -0.0517. The maximum Gasteiger partial charge on any atom is 0.257 e. The molecule has 0 atom stereocenters. The molecule has 2 aromatic heterocycles. The van der Waals surface area contributed by atoms with Crippen LogP contribution in [0, 0.1) is 0 Å². The van der Waals surface area contributed by atoms with Crippen molar-refractivity contribution in [2.45, 2.75) is 19.4 Å². The van der Waals surface area contributed by atoms with Gasteiger partial charge in [-0.15, -0.1) is 10.2 Å². The van der Waals surface area contributed by atoms with Crippen molar-refractivity contribution in [3.8, 4) is 0 Å². The fourth-order valence-electron chi connectivity index (χ4n) is 2.36. The zero-order valence-electron chi connectivity index (χ0n) is 11.0. The lowest BCUT2D eigenvalue weighted by molar-refractivity contribution is 0.0476. The van der Waals surface area contributed by atoms with Gasteiger partial charge >= 0.3 is 0 Å². The lowest BCUT2D eigenvalue weighted by Crippen LogP contribution is -2.59. The third-order valence-electron chi connectivity index (χ3n) is 3.44. The third kappa shape index (κ3) is 2.06. The number of aromatic nitrogens is 4. The zero-order chi connectivity index (χ0) is 13.5. The van der Waals surface area contributed by atoms with Crippen molar-refractivity contribution in [3.05, 3.63) is 24.3 Å². The minimum Gasteiger partial charge on any atom is -0.331 e. The molecule has 0 aromatic carbocycles. The summed E-state index contributed by atoms with van der Waals surface area (Å²) in [7, 11) is 0. The molecule has 0 bridgehead atoms. The van der Waals surface area contributed by atoms with Crippen LogP contribution in [0.4, 0.5) is 0 Å². The van der Waals surface area contributed by atoms with Crippen molar-refractivity contribution < 1.29 is 4.79 Å². The minimum atomic E-state index is -0.197. The summed E-state index contributed by atoms with van der Waals surface area (Å²) in [5.74, 6) is 0.491. The van der Waals surface area contributed by atoms with Crippen LogP contribution in [0.5, 0.6) is 0 Å². The fraction of sp³-hybridized carbons (Fsp3) is 0.500. The minimum absolute atomic E-state index is 0.00500. The van der Waals surface area contributed by atoms with Gasteiger partial charge in [0.15, 0.2) is 0 Å².